The number of carbonyl (C=O) groups excluding carboxylic acids is 2. The van der Waals surface area contributed by atoms with Gasteiger partial charge in [0.1, 0.15) is 0 Å². The Bertz CT molecular complexity index is 898. The molecule has 1 saturated heterocycles. The zero-order valence-electron chi connectivity index (χ0n) is 18.8. The van der Waals surface area contributed by atoms with E-state index < -0.39 is 0 Å². The Hall–Kier alpha value is -3.02. The van der Waals surface area contributed by atoms with Crippen LogP contribution < -0.4 is 14.8 Å². The maximum absolute atomic E-state index is 13.2. The van der Waals surface area contributed by atoms with Crippen LogP contribution in [0, 0.1) is 11.8 Å². The van der Waals surface area contributed by atoms with Gasteiger partial charge in [0.15, 0.2) is 11.5 Å². The van der Waals surface area contributed by atoms with Crippen molar-refractivity contribution >= 4 is 11.8 Å². The van der Waals surface area contributed by atoms with E-state index in [9.17, 15) is 9.59 Å². The van der Waals surface area contributed by atoms with Gasteiger partial charge in [-0.1, -0.05) is 56.3 Å². The molecule has 0 aliphatic carbocycles. The highest BCUT2D eigenvalue weighted by Crippen LogP contribution is 2.42. The van der Waals surface area contributed by atoms with Gasteiger partial charge >= 0.3 is 0 Å². The third-order valence-corrected chi connectivity index (χ3v) is 5.73. The van der Waals surface area contributed by atoms with E-state index in [0.29, 0.717) is 37.6 Å². The first-order valence-corrected chi connectivity index (χ1v) is 10.7. The van der Waals surface area contributed by atoms with Gasteiger partial charge in [-0.05, 0) is 17.5 Å². The maximum atomic E-state index is 13.2. The Morgan fingerprint density at radius 1 is 1.03 bits per heavy atom. The second-order valence-electron chi connectivity index (χ2n) is 8.40. The molecule has 2 aromatic rings. The summed E-state index contributed by atoms with van der Waals surface area (Å²) in [6.07, 6.45) is 0.473. The third kappa shape index (κ3) is 5.37. The number of likely N-dealkylation sites (tertiary alicyclic amines) is 1. The van der Waals surface area contributed by atoms with Crippen LogP contribution in [-0.4, -0.2) is 44.0 Å². The number of benzene rings is 2. The van der Waals surface area contributed by atoms with E-state index in [1.165, 1.54) is 0 Å². The predicted octanol–water partition coefficient (Wildman–Crippen LogP) is 3.61. The predicted molar refractivity (Wildman–Crippen MR) is 120 cm³/mol. The number of hydrogen-bond donors (Lipinski definition) is 1. The summed E-state index contributed by atoms with van der Waals surface area (Å²) in [6, 6.07) is 15.5. The minimum absolute atomic E-state index is 0.0569. The van der Waals surface area contributed by atoms with Gasteiger partial charge in [0, 0.05) is 37.5 Å². The van der Waals surface area contributed by atoms with Crippen molar-refractivity contribution in [2.75, 3.05) is 27.3 Å². The quantitative estimate of drug-likeness (QED) is 0.703. The summed E-state index contributed by atoms with van der Waals surface area (Å²) in [5.74, 6) is 1.00. The summed E-state index contributed by atoms with van der Waals surface area (Å²) in [5.41, 5.74) is 1.93. The van der Waals surface area contributed by atoms with Crippen LogP contribution in [0.3, 0.4) is 0 Å². The lowest BCUT2D eigenvalue weighted by atomic mass is 9.87. The zero-order valence-corrected chi connectivity index (χ0v) is 18.8. The molecule has 3 rings (SSSR count). The lowest BCUT2D eigenvalue weighted by molar-refractivity contribution is -0.131. The molecule has 2 unspecified atom stereocenters. The van der Waals surface area contributed by atoms with Crippen molar-refractivity contribution in [3.05, 3.63) is 59.7 Å². The van der Waals surface area contributed by atoms with Crippen LogP contribution in [0.25, 0.3) is 0 Å². The highest BCUT2D eigenvalue weighted by atomic mass is 16.5. The Labute approximate surface area is 184 Å². The van der Waals surface area contributed by atoms with Gasteiger partial charge in [-0.15, -0.1) is 0 Å². The number of hydrogen-bond acceptors (Lipinski definition) is 4. The molecule has 166 valence electrons. The molecular formula is C25H32N2O4. The average molecular weight is 425 g/mol. The van der Waals surface area contributed by atoms with Crippen molar-refractivity contribution in [3.8, 4) is 11.5 Å². The Morgan fingerprint density at radius 3 is 2.42 bits per heavy atom. The van der Waals surface area contributed by atoms with Gasteiger partial charge < -0.3 is 19.7 Å². The monoisotopic (exact) mass is 424 g/mol. The fraction of sp³-hybridized carbons (Fsp3) is 0.440. The van der Waals surface area contributed by atoms with E-state index >= 15 is 0 Å². The van der Waals surface area contributed by atoms with Crippen molar-refractivity contribution in [1.82, 2.24) is 10.2 Å². The molecule has 1 fully saturated rings. The highest BCUT2D eigenvalue weighted by Gasteiger charge is 2.41. The van der Waals surface area contributed by atoms with E-state index in [1.54, 1.807) is 14.2 Å². The summed E-state index contributed by atoms with van der Waals surface area (Å²) >= 11 is 0. The van der Waals surface area contributed by atoms with Gasteiger partial charge in [-0.2, -0.15) is 0 Å². The van der Waals surface area contributed by atoms with Crippen LogP contribution in [0.15, 0.2) is 48.5 Å². The molecular weight excluding hydrogens is 392 g/mol. The molecule has 2 aromatic carbocycles. The molecule has 0 saturated carbocycles. The van der Waals surface area contributed by atoms with E-state index in [2.05, 4.69) is 5.32 Å². The number of rotatable bonds is 8. The van der Waals surface area contributed by atoms with Crippen LogP contribution in [-0.2, 0) is 16.1 Å². The minimum Gasteiger partial charge on any atom is -0.493 e. The summed E-state index contributed by atoms with van der Waals surface area (Å²) in [5, 5.41) is 3.06. The maximum Gasteiger partial charge on any atom is 0.225 e. The molecule has 0 aromatic heterocycles. The van der Waals surface area contributed by atoms with Crippen LogP contribution >= 0.6 is 0 Å². The first-order chi connectivity index (χ1) is 14.9. The molecule has 1 N–H and O–H groups in total. The van der Waals surface area contributed by atoms with Crippen LogP contribution in [0.5, 0.6) is 11.5 Å². The van der Waals surface area contributed by atoms with E-state index in [1.807, 2.05) is 67.3 Å². The van der Waals surface area contributed by atoms with Crippen molar-refractivity contribution in [2.24, 2.45) is 11.8 Å². The van der Waals surface area contributed by atoms with Crippen molar-refractivity contribution < 1.29 is 19.1 Å². The second kappa shape index (κ2) is 10.3. The number of carbonyl (C=O) groups is 2. The SMILES string of the molecule is COc1cccc(C2CN(C(=O)CC(C)C)CC2C(=O)NCc2ccccc2)c1OC. The van der Waals surface area contributed by atoms with E-state index in [0.717, 1.165) is 11.1 Å². The fourth-order valence-electron chi connectivity index (χ4n) is 4.19. The van der Waals surface area contributed by atoms with Crippen LogP contribution in [0.2, 0.25) is 0 Å². The number of nitrogens with zero attached hydrogens (tertiary/aromatic N) is 1. The van der Waals surface area contributed by atoms with E-state index in [-0.39, 0.29) is 29.6 Å². The van der Waals surface area contributed by atoms with Gasteiger partial charge in [-0.25, -0.2) is 0 Å². The van der Waals surface area contributed by atoms with Crippen LogP contribution in [0.1, 0.15) is 37.3 Å². The number of ether oxygens (including phenoxy) is 2. The number of amides is 2. The third-order valence-electron chi connectivity index (χ3n) is 5.73. The standard InChI is InChI=1S/C25H32N2O4/c1-17(2)13-23(28)27-15-20(19-11-8-12-22(30-3)24(19)31-4)21(16-27)25(29)26-14-18-9-6-5-7-10-18/h5-12,17,20-21H,13-16H2,1-4H3,(H,26,29). The van der Waals surface area contributed by atoms with Gasteiger partial charge in [0.2, 0.25) is 11.8 Å². The van der Waals surface area contributed by atoms with Gasteiger partial charge in [-0.3, -0.25) is 9.59 Å². The topological polar surface area (TPSA) is 67.9 Å². The van der Waals surface area contributed by atoms with Crippen molar-refractivity contribution in [2.45, 2.75) is 32.7 Å². The lowest BCUT2D eigenvalue weighted by Gasteiger charge is -2.21. The fourth-order valence-corrected chi connectivity index (χ4v) is 4.19. The average Bonchev–Trinajstić information content (AvgIpc) is 3.22. The molecule has 2 atom stereocenters. The zero-order chi connectivity index (χ0) is 22.4. The largest absolute Gasteiger partial charge is 0.493 e. The van der Waals surface area contributed by atoms with E-state index in [4.69, 9.17) is 9.47 Å². The number of para-hydroxylation sites is 1. The molecule has 0 spiro atoms. The summed E-state index contributed by atoms with van der Waals surface area (Å²) in [4.78, 5) is 27.8. The molecule has 0 radical (unpaired) electrons. The van der Waals surface area contributed by atoms with Crippen LogP contribution in [0.4, 0.5) is 0 Å². The smallest absolute Gasteiger partial charge is 0.225 e. The number of methoxy groups -OCH3 is 2. The van der Waals surface area contributed by atoms with Crippen molar-refractivity contribution in [3.63, 3.8) is 0 Å². The molecule has 1 aliphatic rings. The Balaban J connectivity index is 1.86. The summed E-state index contributed by atoms with van der Waals surface area (Å²) < 4.78 is 11.1. The summed E-state index contributed by atoms with van der Waals surface area (Å²) in [7, 11) is 3.20. The van der Waals surface area contributed by atoms with Gasteiger partial charge in [0.25, 0.3) is 0 Å². The minimum atomic E-state index is -0.360. The summed E-state index contributed by atoms with van der Waals surface area (Å²) in [6.45, 7) is 5.40. The Morgan fingerprint density at radius 2 is 1.77 bits per heavy atom. The molecule has 0 bridgehead atoms. The molecule has 2 amide bonds. The lowest BCUT2D eigenvalue weighted by Crippen LogP contribution is -2.35. The first kappa shape index (κ1) is 22.7. The molecule has 6 heteroatoms. The molecule has 6 nitrogen and oxygen atoms in total. The normalized spacial score (nSPS) is 18.2. The van der Waals surface area contributed by atoms with Gasteiger partial charge in [0.05, 0.1) is 20.1 Å². The second-order valence-corrected chi connectivity index (χ2v) is 8.40. The van der Waals surface area contributed by atoms with Crippen molar-refractivity contribution in [1.29, 1.82) is 0 Å². The molecule has 31 heavy (non-hydrogen) atoms. The molecule has 1 aliphatic heterocycles. The molecule has 1 heterocycles. The number of nitrogens with one attached hydrogen (secondary N) is 1. The first-order valence-electron chi connectivity index (χ1n) is 10.7. The highest BCUT2D eigenvalue weighted by molar-refractivity contribution is 5.83. The Kier molecular flexibility index (Phi) is 7.55.